The van der Waals surface area contributed by atoms with Crippen molar-refractivity contribution < 1.29 is 48.6 Å². The molecule has 4 rings (SSSR count). The first-order valence-electron chi connectivity index (χ1n) is 11.0. The molecule has 0 saturated carbocycles. The van der Waals surface area contributed by atoms with Crippen LogP contribution < -0.4 is 4.74 Å². The molecule has 0 amide bonds. The number of hydrogen-bond acceptors (Lipinski definition) is 1. The van der Waals surface area contributed by atoms with Crippen molar-refractivity contribution in [1.29, 1.82) is 0 Å². The first kappa shape index (κ1) is 29.0. The average Bonchev–Trinajstić information content (AvgIpc) is 2.81. The van der Waals surface area contributed by atoms with Gasteiger partial charge in [-0.1, -0.05) is 48.5 Å². The van der Waals surface area contributed by atoms with Crippen LogP contribution in [0, 0.1) is 29.1 Å². The minimum absolute atomic E-state index is 0.217. The molecule has 0 aromatic heterocycles. The van der Waals surface area contributed by atoms with E-state index < -0.39 is 69.4 Å². The van der Waals surface area contributed by atoms with Gasteiger partial charge in [0.05, 0.1) is 5.02 Å². The Hall–Kier alpha value is -3.99. The van der Waals surface area contributed by atoms with Crippen LogP contribution in [-0.4, -0.2) is 0 Å². The average molecular weight is 591 g/mol. The standard InChI is InChI=1S/C28H13ClF10O/c1-2-13-3-5-14(6-4-13)15-7-18(29)24(19(30)8-15)16-9-20(31)26(21(32)10-16)28(38,39)40-17-11-22(33)25(23(34)12-17)27(35,36)37/h2-12H,1H2. The van der Waals surface area contributed by atoms with Crippen LogP contribution in [0.1, 0.15) is 16.7 Å². The quantitative estimate of drug-likeness (QED) is 0.203. The fourth-order valence-corrected chi connectivity index (χ4v) is 4.22. The molecule has 0 unspecified atom stereocenters. The highest BCUT2D eigenvalue weighted by Gasteiger charge is 2.43. The number of rotatable bonds is 6. The predicted molar refractivity (Wildman–Crippen MR) is 128 cm³/mol. The number of alkyl halides is 5. The summed E-state index contributed by atoms with van der Waals surface area (Å²) in [7, 11) is 0. The Bertz CT molecular complexity index is 1540. The Labute approximate surface area is 224 Å². The van der Waals surface area contributed by atoms with Crippen molar-refractivity contribution in [3.8, 4) is 28.0 Å². The van der Waals surface area contributed by atoms with Crippen LogP contribution in [0.5, 0.6) is 5.75 Å². The van der Waals surface area contributed by atoms with E-state index >= 15 is 4.39 Å². The van der Waals surface area contributed by atoms with E-state index in [1.165, 1.54) is 6.07 Å². The molecule has 0 aliphatic rings. The zero-order chi connectivity index (χ0) is 29.6. The lowest BCUT2D eigenvalue weighted by molar-refractivity contribution is -0.189. The zero-order valence-corrected chi connectivity index (χ0v) is 20.4. The molecule has 0 atom stereocenters. The highest BCUT2D eigenvalue weighted by molar-refractivity contribution is 6.33. The number of benzene rings is 4. The highest BCUT2D eigenvalue weighted by atomic mass is 35.5. The molecule has 0 N–H and O–H groups in total. The van der Waals surface area contributed by atoms with Crippen LogP contribution >= 0.6 is 11.6 Å². The van der Waals surface area contributed by atoms with Gasteiger partial charge in [-0.3, -0.25) is 0 Å². The maximum Gasteiger partial charge on any atom is 0.432 e. The SMILES string of the molecule is C=Cc1ccc(-c2cc(F)c(-c3cc(F)c(C(F)(F)Oc4cc(F)c(C(F)(F)F)c(F)c4)c(F)c3)c(Cl)c2)cc1. The van der Waals surface area contributed by atoms with Crippen LogP contribution in [0.25, 0.3) is 28.3 Å². The van der Waals surface area contributed by atoms with Gasteiger partial charge in [-0.05, 0) is 46.5 Å². The number of halogens is 11. The van der Waals surface area contributed by atoms with Gasteiger partial charge in [0, 0.05) is 17.7 Å². The molecule has 12 heteroatoms. The van der Waals surface area contributed by atoms with Crippen molar-refractivity contribution in [3.05, 3.63) is 118 Å². The van der Waals surface area contributed by atoms with E-state index in [9.17, 15) is 39.5 Å². The van der Waals surface area contributed by atoms with Crippen molar-refractivity contribution in [2.75, 3.05) is 0 Å². The molecular weight excluding hydrogens is 578 g/mol. The van der Waals surface area contributed by atoms with Crippen LogP contribution in [-0.2, 0) is 12.3 Å². The van der Waals surface area contributed by atoms with Crippen LogP contribution in [0.4, 0.5) is 43.9 Å². The normalized spacial score (nSPS) is 12.0. The van der Waals surface area contributed by atoms with Crippen LogP contribution in [0.3, 0.4) is 0 Å². The van der Waals surface area contributed by atoms with E-state index in [2.05, 4.69) is 11.3 Å². The van der Waals surface area contributed by atoms with E-state index in [4.69, 9.17) is 11.6 Å². The van der Waals surface area contributed by atoms with Gasteiger partial charge in [-0.15, -0.1) is 0 Å². The number of ether oxygens (including phenoxy) is 1. The molecule has 0 aliphatic carbocycles. The minimum Gasteiger partial charge on any atom is -0.429 e. The molecule has 0 saturated heterocycles. The molecule has 4 aromatic rings. The molecule has 0 radical (unpaired) electrons. The summed E-state index contributed by atoms with van der Waals surface area (Å²) < 4.78 is 144. The van der Waals surface area contributed by atoms with E-state index in [1.54, 1.807) is 30.3 Å². The van der Waals surface area contributed by atoms with Gasteiger partial charge in [0.2, 0.25) is 0 Å². The molecule has 208 valence electrons. The summed E-state index contributed by atoms with van der Waals surface area (Å²) in [5.41, 5.74) is -3.89. The first-order chi connectivity index (χ1) is 18.6. The molecular formula is C28H13ClF10O. The van der Waals surface area contributed by atoms with Gasteiger partial charge in [0.25, 0.3) is 0 Å². The second-order valence-corrected chi connectivity index (χ2v) is 8.74. The third-order valence-corrected chi connectivity index (χ3v) is 5.99. The second kappa shape index (κ2) is 10.5. The summed E-state index contributed by atoms with van der Waals surface area (Å²) in [6.07, 6.45) is -8.87. The van der Waals surface area contributed by atoms with Crippen molar-refractivity contribution in [2.45, 2.75) is 12.3 Å². The van der Waals surface area contributed by atoms with E-state index in [0.717, 1.165) is 11.6 Å². The van der Waals surface area contributed by atoms with Gasteiger partial charge in [0.15, 0.2) is 0 Å². The summed E-state index contributed by atoms with van der Waals surface area (Å²) in [6, 6.07) is 9.20. The summed E-state index contributed by atoms with van der Waals surface area (Å²) in [4.78, 5) is 0. The van der Waals surface area contributed by atoms with Gasteiger partial charge in [-0.25, -0.2) is 22.0 Å². The minimum atomic E-state index is -5.49. The predicted octanol–water partition coefficient (Wildman–Crippen LogP) is 10.2. The van der Waals surface area contributed by atoms with E-state index in [-0.39, 0.29) is 17.2 Å². The molecule has 0 heterocycles. The fourth-order valence-electron chi connectivity index (χ4n) is 3.90. The molecule has 4 aromatic carbocycles. The second-order valence-electron chi connectivity index (χ2n) is 8.33. The van der Waals surface area contributed by atoms with Gasteiger partial charge in [0.1, 0.15) is 46.0 Å². The fraction of sp³-hybridized carbons (Fsp3) is 0.0714. The third kappa shape index (κ3) is 5.65. The maximum atomic E-state index is 15.0. The highest BCUT2D eigenvalue weighted by Crippen LogP contribution is 2.42. The van der Waals surface area contributed by atoms with Gasteiger partial charge in [-0.2, -0.15) is 22.0 Å². The molecule has 0 aliphatic heterocycles. The summed E-state index contributed by atoms with van der Waals surface area (Å²) >= 11 is 6.17. The monoisotopic (exact) mass is 590 g/mol. The Morgan fingerprint density at radius 2 is 1.12 bits per heavy atom. The van der Waals surface area contributed by atoms with Crippen molar-refractivity contribution >= 4 is 17.7 Å². The molecule has 1 nitrogen and oxygen atoms in total. The van der Waals surface area contributed by atoms with E-state index in [0.29, 0.717) is 23.3 Å². The lowest BCUT2D eigenvalue weighted by Crippen LogP contribution is -2.25. The summed E-state index contributed by atoms with van der Waals surface area (Å²) in [6.45, 7) is 3.62. The topological polar surface area (TPSA) is 9.23 Å². The summed E-state index contributed by atoms with van der Waals surface area (Å²) in [5, 5.41) is -0.312. The zero-order valence-electron chi connectivity index (χ0n) is 19.6. The molecule has 0 spiro atoms. The lowest BCUT2D eigenvalue weighted by atomic mass is 9.97. The Morgan fingerprint density at radius 3 is 1.60 bits per heavy atom. The van der Waals surface area contributed by atoms with Crippen LogP contribution in [0.15, 0.2) is 67.2 Å². The molecule has 0 bridgehead atoms. The van der Waals surface area contributed by atoms with Crippen molar-refractivity contribution in [2.24, 2.45) is 0 Å². The van der Waals surface area contributed by atoms with Crippen molar-refractivity contribution in [1.82, 2.24) is 0 Å². The van der Waals surface area contributed by atoms with E-state index in [1.807, 2.05) is 0 Å². The largest absolute Gasteiger partial charge is 0.432 e. The first-order valence-corrected chi connectivity index (χ1v) is 11.3. The van der Waals surface area contributed by atoms with Crippen LogP contribution in [0.2, 0.25) is 5.02 Å². The van der Waals surface area contributed by atoms with Gasteiger partial charge < -0.3 is 4.74 Å². The Balaban J connectivity index is 1.69. The lowest BCUT2D eigenvalue weighted by Gasteiger charge is -2.21. The van der Waals surface area contributed by atoms with Crippen molar-refractivity contribution in [3.63, 3.8) is 0 Å². The third-order valence-electron chi connectivity index (χ3n) is 5.69. The maximum absolute atomic E-state index is 15.0. The molecule has 0 fully saturated rings. The molecule has 40 heavy (non-hydrogen) atoms. The Morgan fingerprint density at radius 1 is 0.625 bits per heavy atom. The Kier molecular flexibility index (Phi) is 7.64. The smallest absolute Gasteiger partial charge is 0.429 e. The number of hydrogen-bond donors (Lipinski definition) is 0. The van der Waals surface area contributed by atoms with Gasteiger partial charge >= 0.3 is 12.3 Å². The summed E-state index contributed by atoms with van der Waals surface area (Å²) in [5.74, 6) is -11.0.